The van der Waals surface area contributed by atoms with Crippen molar-refractivity contribution in [1.82, 2.24) is 4.57 Å². The van der Waals surface area contributed by atoms with Gasteiger partial charge in [-0.1, -0.05) is 13.8 Å². The quantitative estimate of drug-likeness (QED) is 0.675. The van der Waals surface area contributed by atoms with E-state index in [9.17, 15) is 19.7 Å². The largest absolute Gasteiger partial charge is 0.477 e. The van der Waals surface area contributed by atoms with Crippen molar-refractivity contribution < 1.29 is 14.8 Å². The Balaban J connectivity index is 2.61. The van der Waals surface area contributed by atoms with Gasteiger partial charge in [-0.3, -0.25) is 14.9 Å². The molecule has 0 bridgehead atoms. The topological polar surface area (TPSA) is 102 Å². The van der Waals surface area contributed by atoms with Crippen LogP contribution in [-0.2, 0) is 6.54 Å². The third-order valence-electron chi connectivity index (χ3n) is 3.33. The van der Waals surface area contributed by atoms with Crippen LogP contribution in [0, 0.1) is 16.0 Å². The number of aromatic carboxylic acids is 1. The van der Waals surface area contributed by atoms with Crippen molar-refractivity contribution in [2.75, 3.05) is 0 Å². The number of non-ortho nitro benzene ring substituents is 1. The van der Waals surface area contributed by atoms with Crippen molar-refractivity contribution in [2.24, 2.45) is 5.92 Å². The Labute approximate surface area is 132 Å². The maximum Gasteiger partial charge on any atom is 0.341 e. The molecule has 0 aliphatic carbocycles. The normalized spacial score (nSPS) is 10.7. The van der Waals surface area contributed by atoms with Crippen LogP contribution in [0.15, 0.2) is 41.2 Å². The molecule has 2 aromatic rings. The first-order valence-electron chi connectivity index (χ1n) is 7.03. The van der Waals surface area contributed by atoms with Gasteiger partial charge in [0.2, 0.25) is 0 Å². The van der Waals surface area contributed by atoms with Crippen molar-refractivity contribution in [3.63, 3.8) is 0 Å². The predicted octanol–water partition coefficient (Wildman–Crippen LogP) is 2.78. The summed E-state index contributed by atoms with van der Waals surface area (Å²) in [4.78, 5) is 33.7. The molecule has 0 aliphatic rings. The lowest BCUT2D eigenvalue weighted by Gasteiger charge is -2.15. The average Bonchev–Trinajstić information content (AvgIpc) is 2.48. The number of aromatic nitrogens is 1. The van der Waals surface area contributed by atoms with Crippen molar-refractivity contribution in [3.05, 3.63) is 62.4 Å². The Bertz CT molecular complexity index is 806. The second kappa shape index (κ2) is 6.43. The van der Waals surface area contributed by atoms with Crippen LogP contribution in [0.3, 0.4) is 0 Å². The molecule has 1 aromatic heterocycles. The molecular weight excluding hydrogens is 300 g/mol. The fraction of sp³-hybridized carbons (Fsp3) is 0.250. The van der Waals surface area contributed by atoms with Crippen molar-refractivity contribution in [3.8, 4) is 11.3 Å². The highest BCUT2D eigenvalue weighted by Gasteiger charge is 2.16. The van der Waals surface area contributed by atoms with Gasteiger partial charge in [0.1, 0.15) is 5.56 Å². The number of nitro benzene ring substituents is 1. The van der Waals surface area contributed by atoms with Crippen LogP contribution >= 0.6 is 0 Å². The average molecular weight is 316 g/mol. The number of rotatable bonds is 5. The van der Waals surface area contributed by atoms with E-state index in [1.165, 1.54) is 22.8 Å². The molecule has 0 saturated carbocycles. The minimum absolute atomic E-state index is 0.0475. The molecule has 0 amide bonds. The fourth-order valence-electron chi connectivity index (χ4n) is 2.29. The molecule has 0 spiro atoms. The molecule has 1 aromatic carbocycles. The Morgan fingerprint density at radius 1 is 1.22 bits per heavy atom. The lowest BCUT2D eigenvalue weighted by Crippen LogP contribution is -2.29. The zero-order chi connectivity index (χ0) is 17.1. The Hall–Kier alpha value is -2.96. The van der Waals surface area contributed by atoms with Gasteiger partial charge in [0, 0.05) is 18.7 Å². The van der Waals surface area contributed by atoms with Gasteiger partial charge in [0.15, 0.2) is 0 Å². The second-order valence-electron chi connectivity index (χ2n) is 5.55. The van der Waals surface area contributed by atoms with Crippen LogP contribution in [0.4, 0.5) is 5.69 Å². The molecule has 1 N–H and O–H groups in total. The van der Waals surface area contributed by atoms with E-state index in [4.69, 9.17) is 5.11 Å². The first-order chi connectivity index (χ1) is 10.8. The van der Waals surface area contributed by atoms with Crippen molar-refractivity contribution >= 4 is 11.7 Å². The molecule has 0 unspecified atom stereocenters. The third kappa shape index (κ3) is 3.45. The molecule has 0 fully saturated rings. The summed E-state index contributed by atoms with van der Waals surface area (Å²) in [6.07, 6.45) is 0. The van der Waals surface area contributed by atoms with Crippen LogP contribution in [0.2, 0.25) is 0 Å². The summed E-state index contributed by atoms with van der Waals surface area (Å²) in [7, 11) is 0. The van der Waals surface area contributed by atoms with E-state index in [-0.39, 0.29) is 17.2 Å². The van der Waals surface area contributed by atoms with Gasteiger partial charge in [-0.15, -0.1) is 0 Å². The number of benzene rings is 1. The molecule has 120 valence electrons. The van der Waals surface area contributed by atoms with E-state index in [2.05, 4.69) is 0 Å². The number of hydrogen-bond acceptors (Lipinski definition) is 4. The Kier molecular flexibility index (Phi) is 4.59. The van der Waals surface area contributed by atoms with E-state index in [0.717, 1.165) is 0 Å². The molecule has 23 heavy (non-hydrogen) atoms. The van der Waals surface area contributed by atoms with Crippen LogP contribution < -0.4 is 5.56 Å². The smallest absolute Gasteiger partial charge is 0.341 e. The maximum absolute atomic E-state index is 12.4. The zero-order valence-electron chi connectivity index (χ0n) is 12.7. The molecule has 2 rings (SSSR count). The van der Waals surface area contributed by atoms with E-state index >= 15 is 0 Å². The number of nitro groups is 1. The van der Waals surface area contributed by atoms with Crippen LogP contribution in [0.25, 0.3) is 11.3 Å². The standard InChI is InChI=1S/C16H16N2O5/c1-10(2)9-17-14(8-7-13(15(17)19)16(20)21)11-3-5-12(6-4-11)18(22)23/h3-8,10H,9H2,1-2H3,(H,20,21). The lowest BCUT2D eigenvalue weighted by molar-refractivity contribution is -0.384. The van der Waals surface area contributed by atoms with Gasteiger partial charge in [0.05, 0.1) is 10.6 Å². The van der Waals surface area contributed by atoms with Gasteiger partial charge in [0.25, 0.3) is 11.2 Å². The first kappa shape index (κ1) is 16.4. The Morgan fingerprint density at radius 3 is 2.30 bits per heavy atom. The molecule has 0 radical (unpaired) electrons. The monoisotopic (exact) mass is 316 g/mol. The van der Waals surface area contributed by atoms with Gasteiger partial charge in [-0.2, -0.15) is 0 Å². The summed E-state index contributed by atoms with van der Waals surface area (Å²) in [5, 5.41) is 19.8. The van der Waals surface area contributed by atoms with Gasteiger partial charge < -0.3 is 9.67 Å². The molecule has 0 atom stereocenters. The number of pyridine rings is 1. The summed E-state index contributed by atoms with van der Waals surface area (Å²) in [5.41, 5.74) is 0.223. The van der Waals surface area contributed by atoms with Gasteiger partial charge >= 0.3 is 5.97 Å². The molecule has 7 heteroatoms. The van der Waals surface area contributed by atoms with E-state index in [1.807, 2.05) is 13.8 Å². The number of nitrogens with zero attached hydrogens (tertiary/aromatic N) is 2. The molecule has 0 saturated heterocycles. The van der Waals surface area contributed by atoms with Crippen molar-refractivity contribution in [2.45, 2.75) is 20.4 Å². The lowest BCUT2D eigenvalue weighted by atomic mass is 10.1. The van der Waals surface area contributed by atoms with E-state index < -0.39 is 16.5 Å². The minimum atomic E-state index is -1.28. The first-order valence-corrected chi connectivity index (χ1v) is 7.03. The maximum atomic E-state index is 12.4. The molecule has 1 heterocycles. The predicted molar refractivity (Wildman–Crippen MR) is 84.6 cm³/mol. The molecular formula is C16H16N2O5. The summed E-state index contributed by atoms with van der Waals surface area (Å²) in [5.74, 6) is -1.14. The zero-order valence-corrected chi connectivity index (χ0v) is 12.7. The van der Waals surface area contributed by atoms with Crippen LogP contribution in [0.5, 0.6) is 0 Å². The molecule has 7 nitrogen and oxygen atoms in total. The van der Waals surface area contributed by atoms with Gasteiger partial charge in [-0.25, -0.2) is 4.79 Å². The summed E-state index contributed by atoms with van der Waals surface area (Å²) < 4.78 is 1.40. The van der Waals surface area contributed by atoms with E-state index in [1.54, 1.807) is 18.2 Å². The summed E-state index contributed by atoms with van der Waals surface area (Å²) in [6.45, 7) is 4.19. The third-order valence-corrected chi connectivity index (χ3v) is 3.33. The number of carbonyl (C=O) groups is 1. The number of hydrogen-bond donors (Lipinski definition) is 1. The highest BCUT2D eigenvalue weighted by Crippen LogP contribution is 2.22. The van der Waals surface area contributed by atoms with Crippen molar-refractivity contribution in [1.29, 1.82) is 0 Å². The Morgan fingerprint density at radius 2 is 1.83 bits per heavy atom. The highest BCUT2D eigenvalue weighted by molar-refractivity contribution is 5.87. The van der Waals surface area contributed by atoms with E-state index in [0.29, 0.717) is 17.8 Å². The van der Waals surface area contributed by atoms with Crippen LogP contribution in [-0.4, -0.2) is 20.6 Å². The number of carboxylic acids is 1. The highest BCUT2D eigenvalue weighted by atomic mass is 16.6. The number of carboxylic acid groups (broad SMARTS) is 1. The second-order valence-corrected chi connectivity index (χ2v) is 5.55. The SMILES string of the molecule is CC(C)Cn1c(-c2ccc([N+](=O)[O-])cc2)ccc(C(=O)O)c1=O. The van der Waals surface area contributed by atoms with Gasteiger partial charge in [-0.05, 0) is 35.7 Å². The van der Waals surface area contributed by atoms with Crippen LogP contribution in [0.1, 0.15) is 24.2 Å². The summed E-state index contributed by atoms with van der Waals surface area (Å²) >= 11 is 0. The fourth-order valence-corrected chi connectivity index (χ4v) is 2.29. The minimum Gasteiger partial charge on any atom is -0.477 e. The summed E-state index contributed by atoms with van der Waals surface area (Å²) in [6, 6.07) is 8.61. The molecule has 0 aliphatic heterocycles.